The van der Waals surface area contributed by atoms with Gasteiger partial charge in [0.15, 0.2) is 5.13 Å². The summed E-state index contributed by atoms with van der Waals surface area (Å²) in [6, 6.07) is 0. The molecule has 0 radical (unpaired) electrons. The molecule has 1 aromatic heterocycles. The van der Waals surface area contributed by atoms with E-state index >= 15 is 0 Å². The molecule has 0 saturated heterocycles. The first-order chi connectivity index (χ1) is 7.13. The van der Waals surface area contributed by atoms with E-state index < -0.39 is 5.97 Å². The van der Waals surface area contributed by atoms with Gasteiger partial charge < -0.3 is 10.0 Å². The Labute approximate surface area is 97.3 Å². The predicted molar refractivity (Wildman–Crippen MR) is 65.1 cm³/mol. The summed E-state index contributed by atoms with van der Waals surface area (Å²) in [6.07, 6.45) is 2.07. The zero-order valence-electron chi connectivity index (χ0n) is 8.77. The third-order valence-electron chi connectivity index (χ3n) is 1.83. The van der Waals surface area contributed by atoms with Crippen LogP contribution in [0.25, 0.3) is 0 Å². The SMILES string of the molecule is CSCCN(C)c1nc(CC(=O)O)cs1. The maximum Gasteiger partial charge on any atom is 0.309 e. The highest BCUT2D eigenvalue weighted by molar-refractivity contribution is 7.98. The molecule has 1 N–H and O–H groups in total. The van der Waals surface area contributed by atoms with Gasteiger partial charge in [0.1, 0.15) is 0 Å². The Hall–Kier alpha value is -0.750. The lowest BCUT2D eigenvalue weighted by atomic mass is 10.3. The standard InChI is InChI=1S/C9H14N2O2S2/c1-11(3-4-14-2)9-10-7(6-15-9)5-8(12)13/h6H,3-5H2,1-2H3,(H,12,13). The minimum atomic E-state index is -0.835. The molecule has 15 heavy (non-hydrogen) atoms. The summed E-state index contributed by atoms with van der Waals surface area (Å²) in [5.74, 6) is 0.211. The van der Waals surface area contributed by atoms with Crippen LogP contribution in [0.3, 0.4) is 0 Å². The average molecular weight is 246 g/mol. The first-order valence-corrected chi connectivity index (χ1v) is 6.77. The van der Waals surface area contributed by atoms with Crippen molar-refractivity contribution in [2.75, 3.05) is 30.5 Å². The molecular formula is C9H14N2O2S2. The Morgan fingerprint density at radius 3 is 3.07 bits per heavy atom. The number of carboxylic acid groups (broad SMARTS) is 1. The number of aromatic nitrogens is 1. The minimum absolute atomic E-state index is 0.00681. The molecule has 0 spiro atoms. The second-order valence-corrected chi connectivity index (χ2v) is 4.93. The third-order valence-corrected chi connectivity index (χ3v) is 3.42. The van der Waals surface area contributed by atoms with Crippen molar-refractivity contribution in [3.8, 4) is 0 Å². The van der Waals surface area contributed by atoms with Gasteiger partial charge in [0.05, 0.1) is 12.1 Å². The number of nitrogens with zero attached hydrogens (tertiary/aromatic N) is 2. The van der Waals surface area contributed by atoms with E-state index in [4.69, 9.17) is 5.11 Å². The fraction of sp³-hybridized carbons (Fsp3) is 0.556. The van der Waals surface area contributed by atoms with E-state index in [9.17, 15) is 4.79 Å². The number of rotatable bonds is 6. The predicted octanol–water partition coefficient (Wildman–Crippen LogP) is 1.57. The van der Waals surface area contributed by atoms with E-state index in [0.29, 0.717) is 5.69 Å². The van der Waals surface area contributed by atoms with Gasteiger partial charge in [-0.2, -0.15) is 11.8 Å². The zero-order chi connectivity index (χ0) is 11.3. The lowest BCUT2D eigenvalue weighted by Gasteiger charge is -2.14. The number of carboxylic acids is 1. The van der Waals surface area contributed by atoms with Gasteiger partial charge in [-0.1, -0.05) is 0 Å². The third kappa shape index (κ3) is 4.09. The number of aliphatic carboxylic acids is 1. The van der Waals surface area contributed by atoms with Gasteiger partial charge in [-0.3, -0.25) is 4.79 Å². The molecule has 0 amide bonds. The topological polar surface area (TPSA) is 53.4 Å². The number of carbonyl (C=O) groups is 1. The number of thioether (sulfide) groups is 1. The largest absolute Gasteiger partial charge is 0.481 e. The highest BCUT2D eigenvalue weighted by Crippen LogP contribution is 2.19. The van der Waals surface area contributed by atoms with Crippen LogP contribution < -0.4 is 4.90 Å². The first kappa shape index (κ1) is 12.3. The number of thiazole rings is 1. The van der Waals surface area contributed by atoms with Crippen LogP contribution in [0.1, 0.15) is 5.69 Å². The van der Waals surface area contributed by atoms with E-state index in [0.717, 1.165) is 17.4 Å². The van der Waals surface area contributed by atoms with E-state index in [1.54, 1.807) is 17.1 Å². The van der Waals surface area contributed by atoms with Crippen molar-refractivity contribution in [2.24, 2.45) is 0 Å². The Morgan fingerprint density at radius 1 is 1.73 bits per heavy atom. The number of hydrogen-bond donors (Lipinski definition) is 1. The van der Waals surface area contributed by atoms with Crippen molar-refractivity contribution < 1.29 is 9.90 Å². The normalized spacial score (nSPS) is 10.3. The molecule has 0 aliphatic rings. The van der Waals surface area contributed by atoms with Crippen LogP contribution in [0, 0.1) is 0 Å². The molecule has 0 atom stereocenters. The fourth-order valence-electron chi connectivity index (χ4n) is 1.03. The van der Waals surface area contributed by atoms with E-state index in [1.165, 1.54) is 11.3 Å². The molecule has 0 aliphatic heterocycles. The molecular weight excluding hydrogens is 232 g/mol. The quantitative estimate of drug-likeness (QED) is 0.825. The molecule has 0 aliphatic carbocycles. The molecule has 4 nitrogen and oxygen atoms in total. The van der Waals surface area contributed by atoms with Crippen molar-refractivity contribution in [1.82, 2.24) is 4.98 Å². The second kappa shape index (κ2) is 5.97. The summed E-state index contributed by atoms with van der Waals surface area (Å²) >= 11 is 3.28. The molecule has 84 valence electrons. The van der Waals surface area contributed by atoms with Crippen LogP contribution in [0.15, 0.2) is 5.38 Å². The van der Waals surface area contributed by atoms with E-state index in [1.807, 2.05) is 11.9 Å². The second-order valence-electron chi connectivity index (χ2n) is 3.11. The van der Waals surface area contributed by atoms with Gasteiger partial charge >= 0.3 is 5.97 Å². The molecule has 0 aromatic carbocycles. The van der Waals surface area contributed by atoms with Crippen molar-refractivity contribution in [1.29, 1.82) is 0 Å². The molecule has 0 fully saturated rings. The Kier molecular flexibility index (Phi) is 4.90. The van der Waals surface area contributed by atoms with Crippen molar-refractivity contribution in [2.45, 2.75) is 6.42 Å². The van der Waals surface area contributed by atoms with Crippen molar-refractivity contribution >= 4 is 34.2 Å². The summed E-state index contributed by atoms with van der Waals surface area (Å²) in [4.78, 5) is 16.8. The molecule has 0 saturated carbocycles. The van der Waals surface area contributed by atoms with Crippen molar-refractivity contribution in [3.05, 3.63) is 11.1 Å². The minimum Gasteiger partial charge on any atom is -0.481 e. The van der Waals surface area contributed by atoms with Crippen molar-refractivity contribution in [3.63, 3.8) is 0 Å². The van der Waals surface area contributed by atoms with Gasteiger partial charge in [-0.05, 0) is 6.26 Å². The molecule has 1 aromatic rings. The molecule has 6 heteroatoms. The summed E-state index contributed by atoms with van der Waals surface area (Å²) in [5, 5.41) is 11.3. The molecule has 0 unspecified atom stereocenters. The van der Waals surface area contributed by atoms with Crippen LogP contribution in [0.5, 0.6) is 0 Å². The highest BCUT2D eigenvalue weighted by atomic mass is 32.2. The van der Waals surface area contributed by atoms with Gasteiger partial charge in [-0.15, -0.1) is 11.3 Å². The maximum absolute atomic E-state index is 10.5. The Morgan fingerprint density at radius 2 is 2.47 bits per heavy atom. The Bertz CT molecular complexity index is 328. The summed E-state index contributed by atoms with van der Waals surface area (Å²) < 4.78 is 0. The van der Waals surface area contributed by atoms with Gasteiger partial charge in [-0.25, -0.2) is 4.98 Å². The summed E-state index contributed by atoms with van der Waals surface area (Å²) in [6.45, 7) is 0.932. The van der Waals surface area contributed by atoms with Crippen LogP contribution in [-0.2, 0) is 11.2 Å². The van der Waals surface area contributed by atoms with E-state index in [-0.39, 0.29) is 6.42 Å². The smallest absolute Gasteiger partial charge is 0.309 e. The summed E-state index contributed by atoms with van der Waals surface area (Å²) in [7, 11) is 1.97. The van der Waals surface area contributed by atoms with Crippen LogP contribution in [-0.4, -0.2) is 41.7 Å². The van der Waals surface area contributed by atoms with Crippen LogP contribution >= 0.6 is 23.1 Å². The fourth-order valence-corrected chi connectivity index (χ4v) is 2.31. The molecule has 1 heterocycles. The molecule has 0 bridgehead atoms. The lowest BCUT2D eigenvalue weighted by Crippen LogP contribution is -2.20. The Balaban J connectivity index is 2.54. The lowest BCUT2D eigenvalue weighted by molar-refractivity contribution is -0.136. The summed E-state index contributed by atoms with van der Waals surface area (Å²) in [5.41, 5.74) is 0.638. The van der Waals surface area contributed by atoms with Crippen LogP contribution in [0.2, 0.25) is 0 Å². The van der Waals surface area contributed by atoms with E-state index in [2.05, 4.69) is 11.2 Å². The van der Waals surface area contributed by atoms with Crippen LogP contribution in [0.4, 0.5) is 5.13 Å². The van der Waals surface area contributed by atoms with Gasteiger partial charge in [0.2, 0.25) is 0 Å². The number of hydrogen-bond acceptors (Lipinski definition) is 5. The van der Waals surface area contributed by atoms with Gasteiger partial charge in [0.25, 0.3) is 0 Å². The van der Waals surface area contributed by atoms with Gasteiger partial charge in [0, 0.05) is 24.7 Å². The monoisotopic (exact) mass is 246 g/mol. The highest BCUT2D eigenvalue weighted by Gasteiger charge is 2.08. The maximum atomic E-state index is 10.5. The zero-order valence-corrected chi connectivity index (χ0v) is 10.4. The number of anilines is 1. The molecule has 1 rings (SSSR count). The first-order valence-electron chi connectivity index (χ1n) is 4.49. The average Bonchev–Trinajstić information content (AvgIpc) is 2.61.